The highest BCUT2D eigenvalue weighted by Crippen LogP contribution is 2.46. The number of benzene rings is 2. The van der Waals surface area contributed by atoms with Gasteiger partial charge in [-0.1, -0.05) is 18.2 Å². The Bertz CT molecular complexity index is 1140. The summed E-state index contributed by atoms with van der Waals surface area (Å²) in [4.78, 5) is 16.0. The molecule has 27 heavy (non-hydrogen) atoms. The number of nitrogens with one attached hydrogen (secondary N) is 1. The van der Waals surface area contributed by atoms with Crippen molar-refractivity contribution in [1.82, 2.24) is 4.98 Å². The number of ether oxygens (including phenoxy) is 2. The molecule has 0 spiro atoms. The van der Waals surface area contributed by atoms with Gasteiger partial charge in [0.25, 0.3) is 0 Å². The van der Waals surface area contributed by atoms with E-state index in [1.54, 1.807) is 12.1 Å². The van der Waals surface area contributed by atoms with Gasteiger partial charge in [-0.2, -0.15) is 0 Å². The minimum Gasteiger partial charge on any atom is -0.494 e. The molecule has 0 fully saturated rings. The number of aromatic amines is 1. The number of hydrogen-bond acceptors (Lipinski definition) is 3. The van der Waals surface area contributed by atoms with Crippen molar-refractivity contribution in [2.45, 2.75) is 19.3 Å². The third-order valence-corrected chi connectivity index (χ3v) is 5.53. The first-order valence-electron chi connectivity index (χ1n) is 8.90. The van der Waals surface area contributed by atoms with Crippen LogP contribution in [0.1, 0.15) is 28.3 Å². The third-order valence-electron chi connectivity index (χ3n) is 5.53. The molecule has 1 aliphatic heterocycles. The predicted octanol–water partition coefficient (Wildman–Crippen LogP) is 4.17. The minimum absolute atomic E-state index is 0.169. The SMILES string of the molecule is COc1cc(C2C3=C(COC3=O)Cc3ccc4cc(C)[nH]c4c32)ccc1F. The van der Waals surface area contributed by atoms with E-state index in [2.05, 4.69) is 23.2 Å². The molecule has 1 aromatic heterocycles. The normalized spacial score (nSPS) is 18.5. The molecule has 136 valence electrons. The van der Waals surface area contributed by atoms with Gasteiger partial charge in [0.2, 0.25) is 0 Å². The molecule has 2 aromatic carbocycles. The van der Waals surface area contributed by atoms with Crippen LogP contribution in [0.4, 0.5) is 4.39 Å². The number of carbonyl (C=O) groups excluding carboxylic acids is 1. The molecule has 0 saturated carbocycles. The first-order chi connectivity index (χ1) is 13.1. The average molecular weight is 363 g/mol. The molecule has 3 aromatic rings. The zero-order chi connectivity index (χ0) is 18.7. The lowest BCUT2D eigenvalue weighted by atomic mass is 9.74. The van der Waals surface area contributed by atoms with E-state index in [-0.39, 0.29) is 17.6 Å². The van der Waals surface area contributed by atoms with Crippen LogP contribution < -0.4 is 4.74 Å². The van der Waals surface area contributed by atoms with Gasteiger partial charge in [0.05, 0.1) is 18.2 Å². The van der Waals surface area contributed by atoms with E-state index in [0.29, 0.717) is 18.6 Å². The molecule has 1 N–H and O–H groups in total. The number of esters is 1. The van der Waals surface area contributed by atoms with Gasteiger partial charge in [-0.3, -0.25) is 0 Å². The molecule has 5 heteroatoms. The highest BCUT2D eigenvalue weighted by Gasteiger charge is 2.39. The van der Waals surface area contributed by atoms with Crippen molar-refractivity contribution in [2.75, 3.05) is 13.7 Å². The van der Waals surface area contributed by atoms with Gasteiger partial charge in [0.1, 0.15) is 6.61 Å². The zero-order valence-corrected chi connectivity index (χ0v) is 15.1. The minimum atomic E-state index is -0.422. The van der Waals surface area contributed by atoms with E-state index in [9.17, 15) is 9.18 Å². The number of aromatic nitrogens is 1. The van der Waals surface area contributed by atoms with Gasteiger partial charge in [0, 0.05) is 11.6 Å². The van der Waals surface area contributed by atoms with Gasteiger partial charge in [-0.15, -0.1) is 0 Å². The van der Waals surface area contributed by atoms with Crippen LogP contribution in [0.15, 0.2) is 47.5 Å². The number of hydrogen-bond donors (Lipinski definition) is 1. The summed E-state index contributed by atoms with van der Waals surface area (Å²) in [7, 11) is 1.44. The summed E-state index contributed by atoms with van der Waals surface area (Å²) >= 11 is 0. The number of rotatable bonds is 2. The molecule has 1 atom stereocenters. The topological polar surface area (TPSA) is 51.3 Å². The fourth-order valence-electron chi connectivity index (χ4n) is 4.37. The molecule has 1 unspecified atom stereocenters. The van der Waals surface area contributed by atoms with Crippen LogP contribution in [0.2, 0.25) is 0 Å². The lowest BCUT2D eigenvalue weighted by Crippen LogP contribution is -2.18. The summed E-state index contributed by atoms with van der Waals surface area (Å²) in [5, 5.41) is 1.10. The van der Waals surface area contributed by atoms with Crippen LogP contribution in [-0.2, 0) is 16.0 Å². The van der Waals surface area contributed by atoms with Crippen LogP contribution in [0.5, 0.6) is 5.75 Å². The Morgan fingerprint density at radius 2 is 2.07 bits per heavy atom. The van der Waals surface area contributed by atoms with Crippen molar-refractivity contribution in [3.05, 3.63) is 75.7 Å². The Morgan fingerprint density at radius 3 is 2.89 bits per heavy atom. The van der Waals surface area contributed by atoms with Gasteiger partial charge in [0.15, 0.2) is 11.6 Å². The highest BCUT2D eigenvalue weighted by molar-refractivity contribution is 5.98. The summed E-state index contributed by atoms with van der Waals surface area (Å²) in [5.74, 6) is -0.850. The van der Waals surface area contributed by atoms with E-state index in [4.69, 9.17) is 9.47 Å². The van der Waals surface area contributed by atoms with Crippen molar-refractivity contribution < 1.29 is 18.7 Å². The molecule has 2 aliphatic rings. The van der Waals surface area contributed by atoms with E-state index < -0.39 is 5.82 Å². The van der Waals surface area contributed by atoms with Crippen molar-refractivity contribution in [2.24, 2.45) is 0 Å². The van der Waals surface area contributed by atoms with Crippen molar-refractivity contribution in [1.29, 1.82) is 0 Å². The van der Waals surface area contributed by atoms with Crippen LogP contribution in [-0.4, -0.2) is 24.7 Å². The van der Waals surface area contributed by atoms with E-state index in [1.807, 2.05) is 6.92 Å². The number of aryl methyl sites for hydroxylation is 1. The maximum atomic E-state index is 14.0. The standard InChI is InChI=1S/C22H18FNO3/c1-11-7-14-4-3-12-8-15-10-27-22(25)20(15)18(19(12)21(14)24-11)13-5-6-16(23)17(9-13)26-2/h3-7,9,18,24H,8,10H2,1-2H3. The Morgan fingerprint density at radius 1 is 1.22 bits per heavy atom. The number of cyclic esters (lactones) is 1. The quantitative estimate of drug-likeness (QED) is 0.696. The molecular formula is C22H18FNO3. The van der Waals surface area contributed by atoms with Crippen molar-refractivity contribution >= 4 is 16.9 Å². The van der Waals surface area contributed by atoms with Crippen LogP contribution in [0.3, 0.4) is 0 Å². The van der Waals surface area contributed by atoms with Gasteiger partial charge >= 0.3 is 5.97 Å². The number of halogens is 1. The maximum Gasteiger partial charge on any atom is 0.335 e. The largest absolute Gasteiger partial charge is 0.494 e. The molecule has 0 amide bonds. The Hall–Kier alpha value is -3.08. The number of H-pyrrole nitrogens is 1. The Balaban J connectivity index is 1.82. The second-order valence-corrected chi connectivity index (χ2v) is 7.15. The molecule has 0 saturated heterocycles. The van der Waals surface area contributed by atoms with Crippen LogP contribution in [0, 0.1) is 12.7 Å². The maximum absolute atomic E-state index is 14.0. The lowest BCUT2D eigenvalue weighted by Gasteiger charge is -2.27. The number of carbonyl (C=O) groups is 1. The van der Waals surface area contributed by atoms with Gasteiger partial charge in [-0.05, 0) is 59.2 Å². The summed E-state index contributed by atoms with van der Waals surface area (Å²) < 4.78 is 24.5. The molecular weight excluding hydrogens is 345 g/mol. The van der Waals surface area contributed by atoms with Gasteiger partial charge < -0.3 is 14.5 Å². The fourth-order valence-corrected chi connectivity index (χ4v) is 4.37. The van der Waals surface area contributed by atoms with E-state index in [1.165, 1.54) is 13.2 Å². The smallest absolute Gasteiger partial charge is 0.335 e. The fraction of sp³-hybridized carbons (Fsp3) is 0.227. The first kappa shape index (κ1) is 16.1. The van der Waals surface area contributed by atoms with E-state index >= 15 is 0 Å². The molecule has 2 heterocycles. The molecule has 4 nitrogen and oxygen atoms in total. The summed E-state index contributed by atoms with van der Waals surface area (Å²) in [6, 6.07) is 11.1. The predicted molar refractivity (Wildman–Crippen MR) is 99.5 cm³/mol. The molecule has 1 aliphatic carbocycles. The highest BCUT2D eigenvalue weighted by atomic mass is 19.1. The summed E-state index contributed by atoms with van der Waals surface area (Å²) in [6.45, 7) is 2.34. The second-order valence-electron chi connectivity index (χ2n) is 7.15. The molecule has 0 bridgehead atoms. The van der Waals surface area contributed by atoms with Gasteiger partial charge in [-0.25, -0.2) is 9.18 Å². The summed E-state index contributed by atoms with van der Waals surface area (Å²) in [5.41, 5.74) is 6.80. The zero-order valence-electron chi connectivity index (χ0n) is 15.1. The third kappa shape index (κ3) is 2.31. The Kier molecular flexibility index (Phi) is 3.41. The summed E-state index contributed by atoms with van der Waals surface area (Å²) in [6.07, 6.45) is 0.694. The first-order valence-corrected chi connectivity index (χ1v) is 8.90. The Labute approximate surface area is 155 Å². The number of methoxy groups -OCH3 is 1. The second kappa shape index (κ2) is 5.71. The monoisotopic (exact) mass is 363 g/mol. The molecule has 0 radical (unpaired) electrons. The van der Waals surface area contributed by atoms with E-state index in [0.717, 1.165) is 38.9 Å². The lowest BCUT2D eigenvalue weighted by molar-refractivity contribution is -0.136. The van der Waals surface area contributed by atoms with Crippen molar-refractivity contribution in [3.63, 3.8) is 0 Å². The van der Waals surface area contributed by atoms with Crippen LogP contribution in [0.25, 0.3) is 10.9 Å². The molecule has 5 rings (SSSR count). The number of fused-ring (bicyclic) bond motifs is 3. The van der Waals surface area contributed by atoms with Crippen LogP contribution >= 0.6 is 0 Å². The van der Waals surface area contributed by atoms with Crippen molar-refractivity contribution in [3.8, 4) is 5.75 Å². The average Bonchev–Trinajstić information content (AvgIpc) is 3.22.